The Labute approximate surface area is 125 Å². The van der Waals surface area contributed by atoms with Gasteiger partial charge in [0, 0.05) is 13.1 Å². The monoisotopic (exact) mass is 314 g/mol. The van der Waals surface area contributed by atoms with Gasteiger partial charge in [-0.3, -0.25) is 0 Å². The van der Waals surface area contributed by atoms with E-state index in [2.05, 4.69) is 0 Å². The van der Waals surface area contributed by atoms with Gasteiger partial charge in [0.25, 0.3) is 0 Å². The molecule has 6 nitrogen and oxygen atoms in total. The molecular weight excluding hydrogens is 292 g/mol. The quantitative estimate of drug-likeness (QED) is 0.823. The molecule has 0 bridgehead atoms. The molecule has 0 radical (unpaired) electrons. The second kappa shape index (κ2) is 6.64. The zero-order valence-electron chi connectivity index (χ0n) is 12.4. The molecule has 0 aliphatic carbocycles. The molecule has 2 atom stereocenters. The molecule has 1 heterocycles. The first kappa shape index (κ1) is 16.1. The Bertz CT molecular complexity index is 566. The molecule has 0 spiro atoms. The molecule has 1 saturated heterocycles. The summed E-state index contributed by atoms with van der Waals surface area (Å²) in [4.78, 5) is 0. The Morgan fingerprint density at radius 3 is 2.52 bits per heavy atom. The Hall–Kier alpha value is -1.31. The van der Waals surface area contributed by atoms with Crippen LogP contribution in [0.3, 0.4) is 0 Å². The third kappa shape index (κ3) is 4.33. The fourth-order valence-corrected chi connectivity index (χ4v) is 3.78. The zero-order valence-corrected chi connectivity index (χ0v) is 13.2. The molecule has 1 aromatic carbocycles. The van der Waals surface area contributed by atoms with E-state index >= 15 is 0 Å². The van der Waals surface area contributed by atoms with Crippen molar-refractivity contribution in [3.05, 3.63) is 24.3 Å². The number of sulfonamides is 1. The highest BCUT2D eigenvalue weighted by Crippen LogP contribution is 2.20. The molecule has 2 N–H and O–H groups in total. The number of nitrogens with two attached hydrogens (primary N) is 1. The van der Waals surface area contributed by atoms with Crippen molar-refractivity contribution in [3.8, 4) is 5.75 Å². The van der Waals surface area contributed by atoms with E-state index in [-0.39, 0.29) is 24.6 Å². The van der Waals surface area contributed by atoms with Crippen molar-refractivity contribution in [1.29, 1.82) is 0 Å². The highest BCUT2D eigenvalue weighted by atomic mass is 32.2. The van der Waals surface area contributed by atoms with Gasteiger partial charge in [-0.15, -0.1) is 0 Å². The maximum Gasteiger partial charge on any atom is 0.217 e. The Morgan fingerprint density at radius 1 is 1.29 bits per heavy atom. The van der Waals surface area contributed by atoms with Crippen LogP contribution in [0.1, 0.15) is 13.8 Å². The number of rotatable bonds is 5. The van der Waals surface area contributed by atoms with Gasteiger partial charge in [-0.05, 0) is 26.0 Å². The smallest absolute Gasteiger partial charge is 0.217 e. The molecule has 21 heavy (non-hydrogen) atoms. The summed E-state index contributed by atoms with van der Waals surface area (Å²) in [6.07, 6.45) is -0.177. The lowest BCUT2D eigenvalue weighted by Gasteiger charge is -2.34. The number of anilines is 1. The fraction of sp³-hybridized carbons (Fsp3) is 0.571. The number of nitrogens with zero attached hydrogens (tertiary/aromatic N) is 1. The molecular formula is C14H22N2O4S. The first-order valence-electron chi connectivity index (χ1n) is 6.99. The lowest BCUT2D eigenvalue weighted by atomic mass is 10.3. The standard InChI is InChI=1S/C14H22N2O4S/c1-11-9-16(10-12(2)20-11)21(17,18)8-7-19-14-6-4-3-5-13(14)15/h3-6,11-12H,7-10,15H2,1-2H3/t11-,12+. The molecule has 0 amide bonds. The number of morpholine rings is 1. The molecule has 0 aromatic heterocycles. The SMILES string of the molecule is C[C@@H]1CN(S(=O)(=O)CCOc2ccccc2N)C[C@H](C)O1. The molecule has 2 rings (SSSR count). The molecule has 1 fully saturated rings. The van der Waals surface area contributed by atoms with E-state index in [0.29, 0.717) is 24.5 Å². The fourth-order valence-electron chi connectivity index (χ4n) is 2.36. The third-order valence-electron chi connectivity index (χ3n) is 3.30. The highest BCUT2D eigenvalue weighted by molar-refractivity contribution is 7.89. The topological polar surface area (TPSA) is 81.9 Å². The summed E-state index contributed by atoms with van der Waals surface area (Å²) in [6.45, 7) is 4.61. The first-order valence-corrected chi connectivity index (χ1v) is 8.60. The van der Waals surface area contributed by atoms with Crippen LogP contribution in [0.2, 0.25) is 0 Å². The summed E-state index contributed by atoms with van der Waals surface area (Å²) in [6, 6.07) is 7.04. The largest absolute Gasteiger partial charge is 0.490 e. The molecule has 0 unspecified atom stereocenters. The molecule has 1 aromatic rings. The summed E-state index contributed by atoms with van der Waals surface area (Å²) in [5.41, 5.74) is 6.25. The summed E-state index contributed by atoms with van der Waals surface area (Å²) in [5.74, 6) is 0.442. The Kier molecular flexibility index (Phi) is 5.08. The van der Waals surface area contributed by atoms with Gasteiger partial charge in [-0.2, -0.15) is 4.31 Å². The minimum absolute atomic E-state index is 0.0687. The van der Waals surface area contributed by atoms with Crippen molar-refractivity contribution >= 4 is 15.7 Å². The molecule has 7 heteroatoms. The second-order valence-electron chi connectivity index (χ2n) is 5.28. The number of nitrogen functional groups attached to an aromatic ring is 1. The van der Waals surface area contributed by atoms with Gasteiger partial charge in [0.05, 0.1) is 23.6 Å². The number of para-hydroxylation sites is 2. The van der Waals surface area contributed by atoms with Crippen LogP contribution in [-0.4, -0.2) is 50.4 Å². The van der Waals surface area contributed by atoms with Crippen LogP contribution < -0.4 is 10.5 Å². The molecule has 0 saturated carbocycles. The van der Waals surface area contributed by atoms with Crippen LogP contribution in [0, 0.1) is 0 Å². The van der Waals surface area contributed by atoms with Gasteiger partial charge in [0.2, 0.25) is 10.0 Å². The van der Waals surface area contributed by atoms with Gasteiger partial charge >= 0.3 is 0 Å². The van der Waals surface area contributed by atoms with Crippen LogP contribution in [0.25, 0.3) is 0 Å². The zero-order chi connectivity index (χ0) is 15.5. The summed E-state index contributed by atoms with van der Waals surface area (Å²) in [7, 11) is -3.34. The van der Waals surface area contributed by atoms with Crippen LogP contribution in [0.4, 0.5) is 5.69 Å². The normalized spacial score (nSPS) is 23.9. The number of hydrogen-bond donors (Lipinski definition) is 1. The van der Waals surface area contributed by atoms with Gasteiger partial charge in [0.15, 0.2) is 0 Å². The molecule has 1 aliphatic rings. The van der Waals surface area contributed by atoms with Crippen molar-refractivity contribution in [1.82, 2.24) is 4.31 Å². The summed E-state index contributed by atoms with van der Waals surface area (Å²) >= 11 is 0. The van der Waals surface area contributed by atoms with E-state index in [1.807, 2.05) is 13.8 Å². The average molecular weight is 314 g/mol. The lowest BCUT2D eigenvalue weighted by Crippen LogP contribution is -2.49. The highest BCUT2D eigenvalue weighted by Gasteiger charge is 2.30. The van der Waals surface area contributed by atoms with Gasteiger partial charge in [0.1, 0.15) is 12.4 Å². The van der Waals surface area contributed by atoms with E-state index < -0.39 is 10.0 Å². The van der Waals surface area contributed by atoms with Crippen molar-refractivity contribution < 1.29 is 17.9 Å². The van der Waals surface area contributed by atoms with Crippen LogP contribution >= 0.6 is 0 Å². The number of hydrogen-bond acceptors (Lipinski definition) is 5. The maximum atomic E-state index is 12.3. The van der Waals surface area contributed by atoms with Crippen LogP contribution in [0.15, 0.2) is 24.3 Å². The van der Waals surface area contributed by atoms with E-state index in [1.165, 1.54) is 4.31 Å². The van der Waals surface area contributed by atoms with Crippen molar-refractivity contribution in [2.45, 2.75) is 26.1 Å². The lowest BCUT2D eigenvalue weighted by molar-refractivity contribution is -0.0441. The third-order valence-corrected chi connectivity index (χ3v) is 5.06. The average Bonchev–Trinajstić information content (AvgIpc) is 2.40. The maximum absolute atomic E-state index is 12.3. The summed E-state index contributed by atoms with van der Waals surface area (Å²) in [5, 5.41) is 0. The molecule has 1 aliphatic heterocycles. The van der Waals surface area contributed by atoms with E-state index in [0.717, 1.165) is 0 Å². The Morgan fingerprint density at radius 2 is 1.90 bits per heavy atom. The van der Waals surface area contributed by atoms with Gasteiger partial charge in [-0.25, -0.2) is 8.42 Å². The summed E-state index contributed by atoms with van der Waals surface area (Å²) < 4.78 is 37.1. The van der Waals surface area contributed by atoms with Crippen LogP contribution in [-0.2, 0) is 14.8 Å². The first-order chi connectivity index (χ1) is 9.88. The number of benzene rings is 1. The van der Waals surface area contributed by atoms with E-state index in [1.54, 1.807) is 24.3 Å². The molecule has 118 valence electrons. The predicted octanol–water partition coefficient (Wildman–Crippen LogP) is 1.09. The van der Waals surface area contributed by atoms with E-state index in [9.17, 15) is 8.42 Å². The predicted molar refractivity (Wildman–Crippen MR) is 81.7 cm³/mol. The van der Waals surface area contributed by atoms with Crippen molar-refractivity contribution in [3.63, 3.8) is 0 Å². The number of ether oxygens (including phenoxy) is 2. The van der Waals surface area contributed by atoms with Crippen LogP contribution in [0.5, 0.6) is 5.75 Å². The minimum Gasteiger partial charge on any atom is -0.490 e. The second-order valence-corrected chi connectivity index (χ2v) is 7.37. The van der Waals surface area contributed by atoms with Crippen molar-refractivity contribution in [2.75, 3.05) is 31.2 Å². The van der Waals surface area contributed by atoms with Gasteiger partial charge in [-0.1, -0.05) is 12.1 Å². The van der Waals surface area contributed by atoms with E-state index in [4.69, 9.17) is 15.2 Å². The van der Waals surface area contributed by atoms with Gasteiger partial charge < -0.3 is 15.2 Å². The minimum atomic E-state index is -3.34. The Balaban J connectivity index is 1.91. The van der Waals surface area contributed by atoms with Crippen molar-refractivity contribution in [2.24, 2.45) is 0 Å².